The lowest BCUT2D eigenvalue weighted by atomic mass is 10.0. The van der Waals surface area contributed by atoms with Gasteiger partial charge in [0.25, 0.3) is 0 Å². The number of rotatable bonds is 2. The zero-order valence-electron chi connectivity index (χ0n) is 9.60. The van der Waals surface area contributed by atoms with Gasteiger partial charge in [0.1, 0.15) is 5.92 Å². The number of hydrogen-bond acceptors (Lipinski definition) is 5. The minimum absolute atomic E-state index is 0.0138. The monoisotopic (exact) mass is 271 g/mol. The van der Waals surface area contributed by atoms with E-state index in [1.807, 2.05) is 0 Å². The molecule has 7 nitrogen and oxygen atoms in total. The summed E-state index contributed by atoms with van der Waals surface area (Å²) >= 11 is 4.68. The van der Waals surface area contributed by atoms with Crippen molar-refractivity contribution in [3.05, 3.63) is 0 Å². The number of ether oxygens (including phenoxy) is 1. The van der Waals surface area contributed by atoms with Crippen molar-refractivity contribution in [1.29, 1.82) is 0 Å². The summed E-state index contributed by atoms with van der Waals surface area (Å²) < 4.78 is 5.13. The topological polar surface area (TPSA) is 87.7 Å². The van der Waals surface area contributed by atoms with Crippen molar-refractivity contribution in [1.82, 2.24) is 15.5 Å². The van der Waals surface area contributed by atoms with Crippen LogP contribution in [-0.2, 0) is 19.1 Å². The molecule has 98 valence electrons. The van der Waals surface area contributed by atoms with Crippen molar-refractivity contribution in [2.24, 2.45) is 5.92 Å². The van der Waals surface area contributed by atoms with E-state index in [0.717, 1.165) is 0 Å². The molecule has 18 heavy (non-hydrogen) atoms. The standard InChI is InChI=1S/C10H13N3O4S/c14-7(13-1-3-17-4-2-13)5-6-8(15)11-10(18)12-9(6)16/h6H,1-5H2,(H2,11,12,15,16,18). The van der Waals surface area contributed by atoms with Crippen LogP contribution in [0.15, 0.2) is 0 Å². The lowest BCUT2D eigenvalue weighted by molar-refractivity contribution is -0.144. The molecule has 0 aromatic heterocycles. The van der Waals surface area contributed by atoms with E-state index in [2.05, 4.69) is 22.9 Å². The molecule has 2 saturated heterocycles. The van der Waals surface area contributed by atoms with E-state index in [1.165, 1.54) is 0 Å². The zero-order chi connectivity index (χ0) is 13.1. The van der Waals surface area contributed by atoms with Gasteiger partial charge in [-0.25, -0.2) is 0 Å². The summed E-state index contributed by atoms with van der Waals surface area (Å²) in [7, 11) is 0. The molecule has 2 heterocycles. The number of nitrogens with zero attached hydrogens (tertiary/aromatic N) is 1. The number of morpholine rings is 1. The summed E-state index contributed by atoms with van der Waals surface area (Å²) in [4.78, 5) is 36.7. The number of amides is 3. The molecule has 0 aromatic carbocycles. The van der Waals surface area contributed by atoms with Gasteiger partial charge in [-0.15, -0.1) is 0 Å². The van der Waals surface area contributed by atoms with Gasteiger partial charge in [-0.3, -0.25) is 14.4 Å². The Balaban J connectivity index is 1.95. The van der Waals surface area contributed by atoms with Crippen LogP contribution in [0.3, 0.4) is 0 Å². The lowest BCUT2D eigenvalue weighted by Gasteiger charge is -2.29. The van der Waals surface area contributed by atoms with Crippen molar-refractivity contribution in [3.8, 4) is 0 Å². The van der Waals surface area contributed by atoms with Crippen molar-refractivity contribution in [2.45, 2.75) is 6.42 Å². The average molecular weight is 271 g/mol. The normalized spacial score (nSPS) is 21.6. The Bertz CT molecular complexity index is 386. The van der Waals surface area contributed by atoms with Gasteiger partial charge in [0.15, 0.2) is 5.11 Å². The van der Waals surface area contributed by atoms with E-state index in [9.17, 15) is 14.4 Å². The largest absolute Gasteiger partial charge is 0.378 e. The van der Waals surface area contributed by atoms with E-state index in [-0.39, 0.29) is 17.4 Å². The molecule has 0 atom stereocenters. The summed E-state index contributed by atoms with van der Waals surface area (Å²) in [6, 6.07) is 0. The minimum atomic E-state index is -1.01. The molecule has 0 bridgehead atoms. The van der Waals surface area contributed by atoms with Crippen LogP contribution in [0.1, 0.15) is 6.42 Å². The lowest BCUT2D eigenvalue weighted by Crippen LogP contribution is -2.56. The first-order valence-electron chi connectivity index (χ1n) is 5.59. The van der Waals surface area contributed by atoms with Crippen LogP contribution in [0.4, 0.5) is 0 Å². The molecule has 8 heteroatoms. The highest BCUT2D eigenvalue weighted by Gasteiger charge is 2.35. The maximum absolute atomic E-state index is 11.9. The van der Waals surface area contributed by atoms with Gasteiger partial charge in [-0.05, 0) is 12.2 Å². The molecule has 0 saturated carbocycles. The SMILES string of the molecule is O=C1NC(=S)NC(=O)C1CC(=O)N1CCOCC1. The number of carbonyl (C=O) groups is 3. The molecule has 2 rings (SSSR count). The first-order chi connectivity index (χ1) is 8.58. The highest BCUT2D eigenvalue weighted by Crippen LogP contribution is 2.11. The Hall–Kier alpha value is -1.54. The Morgan fingerprint density at radius 1 is 1.28 bits per heavy atom. The van der Waals surface area contributed by atoms with Crippen LogP contribution < -0.4 is 10.6 Å². The van der Waals surface area contributed by atoms with Crippen LogP contribution >= 0.6 is 12.2 Å². The average Bonchev–Trinajstić information content (AvgIpc) is 2.34. The van der Waals surface area contributed by atoms with Gasteiger partial charge in [0.2, 0.25) is 17.7 Å². The first-order valence-corrected chi connectivity index (χ1v) is 6.00. The van der Waals surface area contributed by atoms with Crippen LogP contribution in [0.25, 0.3) is 0 Å². The fraction of sp³-hybridized carbons (Fsp3) is 0.600. The fourth-order valence-electron chi connectivity index (χ4n) is 1.85. The highest BCUT2D eigenvalue weighted by molar-refractivity contribution is 7.80. The van der Waals surface area contributed by atoms with Crippen LogP contribution in [0.5, 0.6) is 0 Å². The molecule has 2 aliphatic heterocycles. The number of nitrogens with one attached hydrogen (secondary N) is 2. The molecular formula is C10H13N3O4S. The summed E-state index contributed by atoms with van der Waals surface area (Å²) in [6.45, 7) is 1.96. The maximum Gasteiger partial charge on any atom is 0.239 e. The van der Waals surface area contributed by atoms with Gasteiger partial charge in [0.05, 0.1) is 13.2 Å². The second kappa shape index (κ2) is 5.40. The molecule has 2 N–H and O–H groups in total. The van der Waals surface area contributed by atoms with Crippen molar-refractivity contribution < 1.29 is 19.1 Å². The van der Waals surface area contributed by atoms with E-state index in [0.29, 0.717) is 26.3 Å². The van der Waals surface area contributed by atoms with Crippen molar-refractivity contribution in [3.63, 3.8) is 0 Å². The first kappa shape index (κ1) is 12.9. The summed E-state index contributed by atoms with van der Waals surface area (Å²) in [6.07, 6.45) is -0.139. The van der Waals surface area contributed by atoms with E-state index >= 15 is 0 Å². The van der Waals surface area contributed by atoms with Gasteiger partial charge >= 0.3 is 0 Å². The molecule has 0 unspecified atom stereocenters. The zero-order valence-corrected chi connectivity index (χ0v) is 10.4. The Morgan fingerprint density at radius 2 is 1.83 bits per heavy atom. The minimum Gasteiger partial charge on any atom is -0.378 e. The molecule has 2 aliphatic rings. The third kappa shape index (κ3) is 2.82. The van der Waals surface area contributed by atoms with E-state index in [1.54, 1.807) is 4.90 Å². The van der Waals surface area contributed by atoms with Crippen molar-refractivity contribution >= 4 is 35.1 Å². The summed E-state index contributed by atoms with van der Waals surface area (Å²) in [5.74, 6) is -2.27. The Kier molecular flexibility index (Phi) is 3.87. The maximum atomic E-state index is 11.9. The molecule has 0 aromatic rings. The van der Waals surface area contributed by atoms with Gasteiger partial charge in [-0.2, -0.15) is 0 Å². The number of thiocarbonyl (C=S) groups is 1. The molecule has 3 amide bonds. The number of hydrogen-bond donors (Lipinski definition) is 2. The van der Waals surface area contributed by atoms with Gasteiger partial charge in [-0.1, -0.05) is 0 Å². The quantitative estimate of drug-likeness (QED) is 0.466. The van der Waals surface area contributed by atoms with Crippen LogP contribution in [0.2, 0.25) is 0 Å². The third-order valence-corrected chi connectivity index (χ3v) is 3.05. The molecular weight excluding hydrogens is 258 g/mol. The van der Waals surface area contributed by atoms with Gasteiger partial charge in [0, 0.05) is 19.5 Å². The molecule has 0 spiro atoms. The predicted molar refractivity (Wildman–Crippen MR) is 64.4 cm³/mol. The molecule has 2 fully saturated rings. The van der Waals surface area contributed by atoms with E-state index < -0.39 is 17.7 Å². The smallest absolute Gasteiger partial charge is 0.239 e. The predicted octanol–water partition coefficient (Wildman–Crippen LogP) is -1.62. The highest BCUT2D eigenvalue weighted by atomic mass is 32.1. The molecule has 0 radical (unpaired) electrons. The Morgan fingerprint density at radius 3 is 2.39 bits per heavy atom. The second-order valence-electron chi connectivity index (χ2n) is 4.06. The van der Waals surface area contributed by atoms with Crippen LogP contribution in [-0.4, -0.2) is 54.0 Å². The number of carbonyl (C=O) groups excluding carboxylic acids is 3. The van der Waals surface area contributed by atoms with E-state index in [4.69, 9.17) is 4.74 Å². The molecule has 0 aliphatic carbocycles. The van der Waals surface area contributed by atoms with Gasteiger partial charge < -0.3 is 20.3 Å². The fourth-order valence-corrected chi connectivity index (χ4v) is 2.05. The van der Waals surface area contributed by atoms with Crippen molar-refractivity contribution in [2.75, 3.05) is 26.3 Å². The summed E-state index contributed by atoms with van der Waals surface area (Å²) in [5.41, 5.74) is 0. The van der Waals surface area contributed by atoms with Crippen LogP contribution in [0, 0.1) is 5.92 Å². The third-order valence-electron chi connectivity index (χ3n) is 2.85. The second-order valence-corrected chi connectivity index (χ2v) is 4.47. The summed E-state index contributed by atoms with van der Waals surface area (Å²) in [5, 5.41) is 4.65. The Labute approximate surface area is 109 Å².